The molecule has 0 spiro atoms. The van der Waals surface area contributed by atoms with E-state index in [1.807, 2.05) is 35.7 Å². The van der Waals surface area contributed by atoms with Crippen LogP contribution in [0.1, 0.15) is 11.4 Å². The Labute approximate surface area is 140 Å². The van der Waals surface area contributed by atoms with Gasteiger partial charge < -0.3 is 8.82 Å². The average molecular weight is 340 g/mol. The molecule has 0 aliphatic rings. The predicted molar refractivity (Wildman–Crippen MR) is 90.2 cm³/mol. The van der Waals surface area contributed by atoms with Crippen LogP contribution in [0, 0.1) is 17.0 Å². The van der Waals surface area contributed by atoms with Gasteiger partial charge in [-0.25, -0.2) is 9.97 Å². The topological polar surface area (TPSA) is 86.5 Å². The first-order valence-electron chi connectivity index (χ1n) is 7.21. The van der Waals surface area contributed by atoms with Crippen LogP contribution in [0.5, 0.6) is 0 Å². The maximum absolute atomic E-state index is 10.8. The van der Waals surface area contributed by atoms with Gasteiger partial charge in [-0.15, -0.1) is 0 Å². The van der Waals surface area contributed by atoms with Gasteiger partial charge in [0.2, 0.25) is 0 Å². The third-order valence-electron chi connectivity index (χ3n) is 3.65. The number of hydrogen-bond donors (Lipinski definition) is 0. The van der Waals surface area contributed by atoms with Crippen molar-refractivity contribution < 1.29 is 9.34 Å². The smallest absolute Gasteiger partial charge is 0.271 e. The molecule has 0 amide bonds. The summed E-state index contributed by atoms with van der Waals surface area (Å²) >= 11 is 1.41. The van der Waals surface area contributed by atoms with Crippen LogP contribution >= 0.6 is 11.8 Å². The van der Waals surface area contributed by atoms with E-state index in [2.05, 4.69) is 9.97 Å². The van der Waals surface area contributed by atoms with Crippen LogP contribution in [-0.4, -0.2) is 19.3 Å². The number of nitro groups is 1. The third-order valence-corrected chi connectivity index (χ3v) is 4.51. The Morgan fingerprint density at radius 2 is 2.17 bits per heavy atom. The van der Waals surface area contributed by atoms with Gasteiger partial charge in [-0.3, -0.25) is 10.1 Å². The van der Waals surface area contributed by atoms with E-state index < -0.39 is 4.92 Å². The number of non-ortho nitro benzene ring substituents is 1. The highest BCUT2D eigenvalue weighted by atomic mass is 32.2. The molecule has 1 aromatic carbocycles. The molecule has 0 bridgehead atoms. The molecule has 8 heteroatoms. The SMILES string of the molecule is Cc1cccc2nc(CSc3nc4cc([N+](=O)[O-])ccc4o3)cn12. The lowest BCUT2D eigenvalue weighted by atomic mass is 10.3. The molecule has 4 rings (SSSR count). The number of aromatic nitrogens is 3. The van der Waals surface area contributed by atoms with Gasteiger partial charge in [0.25, 0.3) is 10.9 Å². The molecule has 0 fully saturated rings. The van der Waals surface area contributed by atoms with E-state index in [4.69, 9.17) is 4.42 Å². The molecule has 7 nitrogen and oxygen atoms in total. The number of benzene rings is 1. The van der Waals surface area contributed by atoms with E-state index in [0.717, 1.165) is 17.0 Å². The maximum Gasteiger partial charge on any atom is 0.271 e. The fourth-order valence-electron chi connectivity index (χ4n) is 2.47. The molecule has 0 saturated heterocycles. The molecule has 3 aromatic heterocycles. The van der Waals surface area contributed by atoms with Crippen molar-refractivity contribution in [2.75, 3.05) is 0 Å². The number of aryl methyl sites for hydroxylation is 1. The first-order chi connectivity index (χ1) is 11.6. The lowest BCUT2D eigenvalue weighted by molar-refractivity contribution is -0.384. The minimum absolute atomic E-state index is 0.00294. The van der Waals surface area contributed by atoms with Crippen LogP contribution in [0.15, 0.2) is 52.2 Å². The summed E-state index contributed by atoms with van der Waals surface area (Å²) in [7, 11) is 0. The molecule has 0 atom stereocenters. The van der Waals surface area contributed by atoms with Crippen LogP contribution in [0.25, 0.3) is 16.7 Å². The first-order valence-corrected chi connectivity index (χ1v) is 8.20. The van der Waals surface area contributed by atoms with Crippen LogP contribution in [0.2, 0.25) is 0 Å². The number of thioether (sulfide) groups is 1. The molecule has 0 saturated carbocycles. The van der Waals surface area contributed by atoms with Crippen molar-refractivity contribution in [1.82, 2.24) is 14.4 Å². The van der Waals surface area contributed by atoms with Gasteiger partial charge in [0, 0.05) is 29.8 Å². The zero-order valence-corrected chi connectivity index (χ0v) is 13.5. The van der Waals surface area contributed by atoms with E-state index in [-0.39, 0.29) is 5.69 Å². The number of pyridine rings is 1. The molecule has 3 heterocycles. The summed E-state index contributed by atoms with van der Waals surface area (Å²) in [6.07, 6.45) is 1.99. The van der Waals surface area contributed by atoms with Crippen molar-refractivity contribution >= 4 is 34.2 Å². The van der Waals surface area contributed by atoms with Gasteiger partial charge in [0.05, 0.1) is 10.6 Å². The maximum atomic E-state index is 10.8. The number of hydrogen-bond acceptors (Lipinski definition) is 6. The van der Waals surface area contributed by atoms with Crippen molar-refractivity contribution in [3.8, 4) is 0 Å². The molecular weight excluding hydrogens is 328 g/mol. The Bertz CT molecular complexity index is 1070. The Balaban J connectivity index is 1.57. The van der Waals surface area contributed by atoms with E-state index in [0.29, 0.717) is 22.1 Å². The molecule has 120 valence electrons. The fraction of sp³-hybridized carbons (Fsp3) is 0.125. The van der Waals surface area contributed by atoms with Gasteiger partial charge >= 0.3 is 0 Å². The van der Waals surface area contributed by atoms with Crippen LogP contribution < -0.4 is 0 Å². The van der Waals surface area contributed by atoms with E-state index >= 15 is 0 Å². The second kappa shape index (κ2) is 5.64. The summed E-state index contributed by atoms with van der Waals surface area (Å²) in [5, 5.41) is 11.3. The Kier molecular flexibility index (Phi) is 3.46. The highest BCUT2D eigenvalue weighted by Gasteiger charge is 2.13. The number of fused-ring (bicyclic) bond motifs is 2. The van der Waals surface area contributed by atoms with Crippen molar-refractivity contribution in [2.24, 2.45) is 0 Å². The average Bonchev–Trinajstić information content (AvgIpc) is 3.16. The molecule has 0 aliphatic carbocycles. The Morgan fingerprint density at radius 1 is 1.29 bits per heavy atom. The molecule has 0 N–H and O–H groups in total. The summed E-state index contributed by atoms with van der Waals surface area (Å²) in [5.41, 5.74) is 3.96. The second-order valence-electron chi connectivity index (χ2n) is 5.31. The summed E-state index contributed by atoms with van der Waals surface area (Å²) in [6, 6.07) is 10.4. The van der Waals surface area contributed by atoms with Gasteiger partial charge in [-0.05, 0) is 25.1 Å². The standard InChI is InChI=1S/C16H12N4O3S/c1-10-3-2-4-15-17-11(8-19(10)15)9-24-16-18-13-7-12(20(21)22)5-6-14(13)23-16/h2-8H,9H2,1H3. The molecule has 24 heavy (non-hydrogen) atoms. The minimum Gasteiger partial charge on any atom is -0.431 e. The zero-order chi connectivity index (χ0) is 16.7. The van der Waals surface area contributed by atoms with E-state index in [9.17, 15) is 10.1 Å². The summed E-state index contributed by atoms with van der Waals surface area (Å²) in [5.74, 6) is 0.607. The highest BCUT2D eigenvalue weighted by Crippen LogP contribution is 2.28. The number of rotatable bonds is 4. The number of imidazole rings is 1. The first kappa shape index (κ1) is 14.7. The van der Waals surface area contributed by atoms with Crippen molar-refractivity contribution in [2.45, 2.75) is 17.9 Å². The number of oxazole rings is 1. The fourth-order valence-corrected chi connectivity index (χ4v) is 3.20. The van der Waals surface area contributed by atoms with E-state index in [1.165, 1.54) is 23.9 Å². The Hall–Kier alpha value is -2.87. The van der Waals surface area contributed by atoms with Gasteiger partial charge in [-0.1, -0.05) is 17.8 Å². The van der Waals surface area contributed by atoms with Crippen LogP contribution in [0.4, 0.5) is 5.69 Å². The zero-order valence-electron chi connectivity index (χ0n) is 12.7. The van der Waals surface area contributed by atoms with Crippen molar-refractivity contribution in [1.29, 1.82) is 0 Å². The second-order valence-corrected chi connectivity index (χ2v) is 6.23. The monoisotopic (exact) mass is 340 g/mol. The summed E-state index contributed by atoms with van der Waals surface area (Å²) in [6.45, 7) is 2.03. The van der Waals surface area contributed by atoms with Crippen LogP contribution in [0.3, 0.4) is 0 Å². The number of nitro benzene ring substituents is 1. The summed E-state index contributed by atoms with van der Waals surface area (Å²) < 4.78 is 7.65. The third kappa shape index (κ3) is 2.61. The summed E-state index contributed by atoms with van der Waals surface area (Å²) in [4.78, 5) is 19.2. The van der Waals surface area contributed by atoms with E-state index in [1.54, 1.807) is 6.07 Å². The molecule has 0 unspecified atom stereocenters. The number of nitrogens with zero attached hydrogens (tertiary/aromatic N) is 4. The molecular formula is C16H12N4O3S. The largest absolute Gasteiger partial charge is 0.431 e. The lowest BCUT2D eigenvalue weighted by Gasteiger charge is -1.95. The minimum atomic E-state index is -0.445. The van der Waals surface area contributed by atoms with Crippen molar-refractivity contribution in [3.05, 3.63) is 64.1 Å². The van der Waals surface area contributed by atoms with Crippen LogP contribution in [-0.2, 0) is 5.75 Å². The van der Waals surface area contributed by atoms with Gasteiger partial charge in [0.15, 0.2) is 5.58 Å². The van der Waals surface area contributed by atoms with Gasteiger partial charge in [-0.2, -0.15) is 0 Å². The van der Waals surface area contributed by atoms with Gasteiger partial charge in [0.1, 0.15) is 11.2 Å². The highest BCUT2D eigenvalue weighted by molar-refractivity contribution is 7.98. The quantitative estimate of drug-likeness (QED) is 0.317. The molecule has 0 radical (unpaired) electrons. The predicted octanol–water partition coefficient (Wildman–Crippen LogP) is 3.98. The normalized spacial score (nSPS) is 11.4. The molecule has 0 aliphatic heterocycles. The van der Waals surface area contributed by atoms with Crippen molar-refractivity contribution in [3.63, 3.8) is 0 Å². The lowest BCUT2D eigenvalue weighted by Crippen LogP contribution is -1.86. The Morgan fingerprint density at radius 3 is 2.96 bits per heavy atom. The molecule has 4 aromatic rings.